The highest BCUT2D eigenvalue weighted by molar-refractivity contribution is 7.91. The molecule has 0 fully saturated rings. The maximum Gasteiger partial charge on any atom is 0.322 e. The van der Waals surface area contributed by atoms with Crippen molar-refractivity contribution in [2.24, 2.45) is 0 Å². The van der Waals surface area contributed by atoms with Gasteiger partial charge in [0.05, 0.1) is 27.0 Å². The molecule has 0 saturated heterocycles. The van der Waals surface area contributed by atoms with Gasteiger partial charge < -0.3 is 4.42 Å². The minimum atomic E-state index is -3.54. The standard InChI is InChI=1S/C16H14ClN3O4S2/c1-2-26(22,23)12-6-4-3-5-11(12)15(21)18-16-20-19-14(24-16)9-10-7-8-13(17)25-10/h3-8H,2,9H2,1H3,(H,18,20,21). The zero-order chi connectivity index (χ0) is 18.7. The Morgan fingerprint density at radius 2 is 2.00 bits per heavy atom. The largest absolute Gasteiger partial charge is 0.407 e. The molecule has 0 radical (unpaired) electrons. The van der Waals surface area contributed by atoms with Crippen molar-refractivity contribution in [3.8, 4) is 0 Å². The smallest absolute Gasteiger partial charge is 0.322 e. The van der Waals surface area contributed by atoms with Crippen LogP contribution >= 0.6 is 22.9 Å². The molecule has 1 aromatic carbocycles. The molecule has 3 rings (SSSR count). The summed E-state index contributed by atoms with van der Waals surface area (Å²) in [5, 5.41) is 10.1. The minimum absolute atomic E-state index is 0.0270. The highest BCUT2D eigenvalue weighted by Gasteiger charge is 2.22. The number of nitrogens with zero attached hydrogens (tertiary/aromatic N) is 2. The topological polar surface area (TPSA) is 102 Å². The summed E-state index contributed by atoms with van der Waals surface area (Å²) in [5.41, 5.74) is 0.0270. The fraction of sp³-hybridized carbons (Fsp3) is 0.188. The molecule has 2 heterocycles. The Morgan fingerprint density at radius 1 is 1.23 bits per heavy atom. The van der Waals surface area contributed by atoms with Gasteiger partial charge in [-0.15, -0.1) is 16.4 Å². The summed E-state index contributed by atoms with van der Waals surface area (Å²) >= 11 is 7.27. The summed E-state index contributed by atoms with van der Waals surface area (Å²) in [4.78, 5) is 13.4. The van der Waals surface area contributed by atoms with Crippen molar-refractivity contribution >= 4 is 44.7 Å². The van der Waals surface area contributed by atoms with E-state index in [9.17, 15) is 13.2 Å². The lowest BCUT2D eigenvalue weighted by atomic mass is 10.2. The molecule has 136 valence electrons. The van der Waals surface area contributed by atoms with Crippen molar-refractivity contribution in [2.75, 3.05) is 11.1 Å². The Balaban J connectivity index is 1.77. The number of anilines is 1. The molecule has 0 atom stereocenters. The molecule has 7 nitrogen and oxygen atoms in total. The number of carbonyl (C=O) groups is 1. The van der Waals surface area contributed by atoms with E-state index >= 15 is 0 Å². The zero-order valence-corrected chi connectivity index (χ0v) is 16.0. The van der Waals surface area contributed by atoms with E-state index < -0.39 is 15.7 Å². The number of carbonyl (C=O) groups excluding carboxylic acids is 1. The molecule has 0 saturated carbocycles. The van der Waals surface area contributed by atoms with E-state index in [1.807, 2.05) is 6.07 Å². The lowest BCUT2D eigenvalue weighted by Crippen LogP contribution is -2.17. The number of rotatable bonds is 6. The predicted molar refractivity (Wildman–Crippen MR) is 98.6 cm³/mol. The van der Waals surface area contributed by atoms with Crippen molar-refractivity contribution in [1.82, 2.24) is 10.2 Å². The van der Waals surface area contributed by atoms with E-state index in [1.54, 1.807) is 18.2 Å². The number of halogens is 1. The first-order valence-electron chi connectivity index (χ1n) is 7.59. The Bertz CT molecular complexity index is 1040. The first kappa shape index (κ1) is 18.6. The van der Waals surface area contributed by atoms with Crippen molar-refractivity contribution in [3.05, 3.63) is 57.1 Å². The Kier molecular flexibility index (Phi) is 5.40. The third-order valence-electron chi connectivity index (χ3n) is 3.49. The van der Waals surface area contributed by atoms with E-state index in [0.717, 1.165) is 4.88 Å². The first-order chi connectivity index (χ1) is 12.4. The molecule has 3 aromatic rings. The summed E-state index contributed by atoms with van der Waals surface area (Å²) in [6.07, 6.45) is 0.390. The molecule has 0 spiro atoms. The van der Waals surface area contributed by atoms with Gasteiger partial charge in [0.15, 0.2) is 9.84 Å². The molecule has 10 heteroatoms. The number of amides is 1. The van der Waals surface area contributed by atoms with Gasteiger partial charge in [0.2, 0.25) is 5.89 Å². The summed E-state index contributed by atoms with van der Waals surface area (Å²) < 4.78 is 30.3. The van der Waals surface area contributed by atoms with Crippen molar-refractivity contribution in [1.29, 1.82) is 0 Å². The number of hydrogen-bond donors (Lipinski definition) is 1. The van der Waals surface area contributed by atoms with E-state index in [-0.39, 0.29) is 22.2 Å². The van der Waals surface area contributed by atoms with Gasteiger partial charge in [-0.05, 0) is 24.3 Å². The quantitative estimate of drug-likeness (QED) is 0.666. The normalized spacial score (nSPS) is 11.5. The molecule has 1 amide bonds. The number of aromatic nitrogens is 2. The van der Waals surface area contributed by atoms with Crippen LogP contribution in [0.5, 0.6) is 0 Å². The highest BCUT2D eigenvalue weighted by atomic mass is 35.5. The van der Waals surface area contributed by atoms with Gasteiger partial charge in [-0.25, -0.2) is 8.42 Å². The molecule has 26 heavy (non-hydrogen) atoms. The summed E-state index contributed by atoms with van der Waals surface area (Å²) in [5.74, 6) is -0.425. The molecule has 0 unspecified atom stereocenters. The monoisotopic (exact) mass is 411 g/mol. The molecule has 0 aliphatic carbocycles. The second-order valence-corrected chi connectivity index (χ2v) is 9.28. The Morgan fingerprint density at radius 3 is 2.69 bits per heavy atom. The maximum atomic E-state index is 12.4. The lowest BCUT2D eigenvalue weighted by molar-refractivity contribution is 0.102. The second-order valence-electron chi connectivity index (χ2n) is 5.24. The van der Waals surface area contributed by atoms with E-state index in [0.29, 0.717) is 16.6 Å². The summed E-state index contributed by atoms with van der Waals surface area (Å²) in [6.45, 7) is 1.52. The second kappa shape index (κ2) is 7.56. The van der Waals surface area contributed by atoms with Crippen LogP contribution in [0.15, 0.2) is 45.7 Å². The Hall–Kier alpha value is -2.23. The van der Waals surface area contributed by atoms with E-state index in [2.05, 4.69) is 15.5 Å². The van der Waals surface area contributed by atoms with Gasteiger partial charge in [0.1, 0.15) is 0 Å². The molecule has 0 bridgehead atoms. The molecule has 1 N–H and O–H groups in total. The third kappa shape index (κ3) is 4.12. The molecular weight excluding hydrogens is 398 g/mol. The average Bonchev–Trinajstić information content (AvgIpc) is 3.24. The minimum Gasteiger partial charge on any atom is -0.407 e. The van der Waals surface area contributed by atoms with Crippen LogP contribution in [0.1, 0.15) is 28.0 Å². The average molecular weight is 412 g/mol. The summed E-state index contributed by atoms with van der Waals surface area (Å²) in [7, 11) is -3.54. The van der Waals surface area contributed by atoms with Crippen molar-refractivity contribution < 1.29 is 17.6 Å². The van der Waals surface area contributed by atoms with Crippen LogP contribution in [-0.4, -0.2) is 30.3 Å². The third-order valence-corrected chi connectivity index (χ3v) is 6.51. The van der Waals surface area contributed by atoms with Crippen LogP contribution in [0.25, 0.3) is 0 Å². The van der Waals surface area contributed by atoms with Gasteiger partial charge in [0.25, 0.3) is 5.91 Å². The van der Waals surface area contributed by atoms with Gasteiger partial charge in [-0.2, -0.15) is 0 Å². The van der Waals surface area contributed by atoms with Gasteiger partial charge in [-0.3, -0.25) is 10.1 Å². The number of benzene rings is 1. The van der Waals surface area contributed by atoms with E-state index in [4.69, 9.17) is 16.0 Å². The lowest BCUT2D eigenvalue weighted by Gasteiger charge is -2.07. The van der Waals surface area contributed by atoms with Crippen LogP contribution in [-0.2, 0) is 16.3 Å². The van der Waals surface area contributed by atoms with Crippen molar-refractivity contribution in [3.63, 3.8) is 0 Å². The number of hydrogen-bond acceptors (Lipinski definition) is 7. The van der Waals surface area contributed by atoms with E-state index in [1.165, 1.54) is 30.4 Å². The predicted octanol–water partition coefficient (Wildman–Crippen LogP) is 3.42. The summed E-state index contributed by atoms with van der Waals surface area (Å²) in [6, 6.07) is 9.50. The number of sulfone groups is 1. The van der Waals surface area contributed by atoms with Crippen LogP contribution in [0, 0.1) is 0 Å². The molecule has 2 aromatic heterocycles. The zero-order valence-electron chi connectivity index (χ0n) is 13.6. The van der Waals surface area contributed by atoms with Crippen molar-refractivity contribution in [2.45, 2.75) is 18.2 Å². The fourth-order valence-corrected chi connectivity index (χ4v) is 4.39. The number of nitrogens with one attached hydrogen (secondary N) is 1. The molecule has 0 aliphatic heterocycles. The molecule has 0 aliphatic rings. The number of thiophene rings is 1. The van der Waals surface area contributed by atoms with Crippen LogP contribution in [0.3, 0.4) is 0 Å². The SMILES string of the molecule is CCS(=O)(=O)c1ccccc1C(=O)Nc1nnc(Cc2ccc(Cl)s2)o1. The van der Waals surface area contributed by atoms with Crippen LogP contribution in [0.2, 0.25) is 4.34 Å². The van der Waals surface area contributed by atoms with Crippen LogP contribution < -0.4 is 5.32 Å². The first-order valence-corrected chi connectivity index (χ1v) is 10.4. The van der Waals surface area contributed by atoms with Crippen LogP contribution in [0.4, 0.5) is 6.01 Å². The highest BCUT2D eigenvalue weighted by Crippen LogP contribution is 2.24. The fourth-order valence-electron chi connectivity index (χ4n) is 2.22. The van der Waals surface area contributed by atoms with Gasteiger partial charge in [0, 0.05) is 4.88 Å². The van der Waals surface area contributed by atoms with Gasteiger partial charge >= 0.3 is 6.01 Å². The molecular formula is C16H14ClN3O4S2. The van der Waals surface area contributed by atoms with Gasteiger partial charge in [-0.1, -0.05) is 35.8 Å². The Labute approximate surface area is 158 Å². The maximum absolute atomic E-state index is 12.4.